The van der Waals surface area contributed by atoms with E-state index in [1.54, 1.807) is 0 Å². The van der Waals surface area contributed by atoms with Crippen LogP contribution in [0.3, 0.4) is 0 Å². The molecule has 2 aromatic rings. The van der Waals surface area contributed by atoms with Gasteiger partial charge in [-0.15, -0.1) is 0 Å². The van der Waals surface area contributed by atoms with E-state index in [-0.39, 0.29) is 5.54 Å². The Morgan fingerprint density at radius 2 is 1.90 bits per heavy atom. The molecule has 0 fully saturated rings. The normalized spacial score (nSPS) is 11.6. The molecule has 1 heterocycles. The lowest BCUT2D eigenvalue weighted by atomic mass is 10.1. The predicted molar refractivity (Wildman–Crippen MR) is 85.5 cm³/mol. The highest BCUT2D eigenvalue weighted by Gasteiger charge is 2.12. The van der Waals surface area contributed by atoms with Gasteiger partial charge in [-0.3, -0.25) is 0 Å². The van der Waals surface area contributed by atoms with E-state index in [0.717, 1.165) is 24.7 Å². The van der Waals surface area contributed by atoms with Crippen molar-refractivity contribution in [3.8, 4) is 5.75 Å². The Hall–Kier alpha value is -1.81. The third-order valence-corrected chi connectivity index (χ3v) is 3.26. The number of rotatable bonds is 6. The number of nitrogens with one attached hydrogen (secondary N) is 1. The van der Waals surface area contributed by atoms with E-state index in [4.69, 9.17) is 4.74 Å². The van der Waals surface area contributed by atoms with Gasteiger partial charge >= 0.3 is 0 Å². The molecule has 114 valence electrons. The molecule has 1 N–H and O–H groups in total. The first kappa shape index (κ1) is 15.6. The second-order valence-corrected chi connectivity index (χ2v) is 6.21. The number of imidazole rings is 1. The Morgan fingerprint density at radius 3 is 2.57 bits per heavy atom. The van der Waals surface area contributed by atoms with E-state index >= 15 is 0 Å². The minimum Gasteiger partial charge on any atom is -0.492 e. The second-order valence-electron chi connectivity index (χ2n) is 6.21. The van der Waals surface area contributed by atoms with Gasteiger partial charge in [0.1, 0.15) is 18.2 Å². The molecule has 0 spiro atoms. The first-order valence-corrected chi connectivity index (χ1v) is 7.39. The van der Waals surface area contributed by atoms with Crippen molar-refractivity contribution in [2.45, 2.75) is 46.3 Å². The zero-order valence-corrected chi connectivity index (χ0v) is 13.4. The summed E-state index contributed by atoms with van der Waals surface area (Å²) in [6.07, 6.45) is 1.94. The number of aryl methyl sites for hydroxylation is 1. The van der Waals surface area contributed by atoms with Gasteiger partial charge < -0.3 is 14.6 Å². The molecule has 0 aliphatic rings. The van der Waals surface area contributed by atoms with Gasteiger partial charge in [-0.25, -0.2) is 4.98 Å². The Kier molecular flexibility index (Phi) is 5.02. The van der Waals surface area contributed by atoms with Gasteiger partial charge in [0.15, 0.2) is 0 Å². The lowest BCUT2D eigenvalue weighted by Gasteiger charge is -2.21. The van der Waals surface area contributed by atoms with Crippen molar-refractivity contribution in [2.24, 2.45) is 0 Å². The summed E-state index contributed by atoms with van der Waals surface area (Å²) >= 11 is 0. The summed E-state index contributed by atoms with van der Waals surface area (Å²) in [6, 6.07) is 9.90. The average molecular weight is 287 g/mol. The molecule has 1 aromatic heterocycles. The lowest BCUT2D eigenvalue weighted by Crippen LogP contribution is -2.35. The van der Waals surface area contributed by atoms with Crippen LogP contribution in [0, 0.1) is 6.92 Å². The van der Waals surface area contributed by atoms with Gasteiger partial charge in [0.25, 0.3) is 0 Å². The van der Waals surface area contributed by atoms with Crippen LogP contribution in [-0.2, 0) is 13.1 Å². The van der Waals surface area contributed by atoms with Crippen LogP contribution in [0.25, 0.3) is 0 Å². The summed E-state index contributed by atoms with van der Waals surface area (Å²) < 4.78 is 7.98. The van der Waals surface area contributed by atoms with E-state index in [1.165, 1.54) is 5.69 Å². The van der Waals surface area contributed by atoms with Crippen LogP contribution in [0.4, 0.5) is 0 Å². The first-order valence-electron chi connectivity index (χ1n) is 7.39. The van der Waals surface area contributed by atoms with Crippen LogP contribution >= 0.6 is 0 Å². The van der Waals surface area contributed by atoms with Gasteiger partial charge in [0.05, 0.1) is 12.2 Å². The van der Waals surface area contributed by atoms with Crippen molar-refractivity contribution in [2.75, 3.05) is 6.61 Å². The van der Waals surface area contributed by atoms with Crippen LogP contribution in [-0.4, -0.2) is 21.7 Å². The Balaban J connectivity index is 1.92. The van der Waals surface area contributed by atoms with Crippen molar-refractivity contribution < 1.29 is 4.74 Å². The summed E-state index contributed by atoms with van der Waals surface area (Å²) in [7, 11) is 0. The molecule has 0 bridgehead atoms. The standard InChI is InChI=1S/C17H25N3O/c1-14-18-12-15(13-19-17(2,3)4)20(14)10-11-21-16-8-6-5-7-9-16/h5-9,12,19H,10-11,13H2,1-4H3. The summed E-state index contributed by atoms with van der Waals surface area (Å²) in [5.41, 5.74) is 1.29. The van der Waals surface area contributed by atoms with E-state index < -0.39 is 0 Å². The summed E-state index contributed by atoms with van der Waals surface area (Å²) in [5, 5.41) is 3.50. The number of hydrogen-bond donors (Lipinski definition) is 1. The monoisotopic (exact) mass is 287 g/mol. The zero-order chi connectivity index (χ0) is 15.3. The smallest absolute Gasteiger partial charge is 0.119 e. The van der Waals surface area contributed by atoms with Crippen molar-refractivity contribution in [1.82, 2.24) is 14.9 Å². The molecule has 0 unspecified atom stereocenters. The maximum Gasteiger partial charge on any atom is 0.119 e. The SMILES string of the molecule is Cc1ncc(CNC(C)(C)C)n1CCOc1ccccc1. The Bertz CT molecular complexity index is 555. The average Bonchev–Trinajstić information content (AvgIpc) is 2.78. The molecule has 0 saturated heterocycles. The minimum absolute atomic E-state index is 0.101. The minimum atomic E-state index is 0.101. The number of aromatic nitrogens is 2. The van der Waals surface area contributed by atoms with Gasteiger partial charge in [-0.2, -0.15) is 0 Å². The molecule has 0 atom stereocenters. The van der Waals surface area contributed by atoms with E-state index in [1.807, 2.05) is 43.5 Å². The first-order chi connectivity index (χ1) is 9.96. The fourth-order valence-corrected chi connectivity index (χ4v) is 2.09. The zero-order valence-electron chi connectivity index (χ0n) is 13.4. The fraction of sp³-hybridized carbons (Fsp3) is 0.471. The molecular formula is C17H25N3O. The van der Waals surface area contributed by atoms with Gasteiger partial charge in [0.2, 0.25) is 0 Å². The van der Waals surface area contributed by atoms with Gasteiger partial charge in [0, 0.05) is 18.3 Å². The van der Waals surface area contributed by atoms with Crippen LogP contribution in [0.5, 0.6) is 5.75 Å². The Labute approximate surface area is 127 Å². The van der Waals surface area contributed by atoms with Crippen molar-refractivity contribution >= 4 is 0 Å². The molecule has 1 aromatic carbocycles. The largest absolute Gasteiger partial charge is 0.492 e. The third-order valence-electron chi connectivity index (χ3n) is 3.26. The van der Waals surface area contributed by atoms with Crippen LogP contribution < -0.4 is 10.1 Å². The maximum atomic E-state index is 5.77. The summed E-state index contributed by atoms with van der Waals surface area (Å²) in [4.78, 5) is 4.41. The Morgan fingerprint density at radius 1 is 1.19 bits per heavy atom. The van der Waals surface area contributed by atoms with Crippen molar-refractivity contribution in [1.29, 1.82) is 0 Å². The third kappa shape index (κ3) is 4.90. The molecule has 2 rings (SSSR count). The molecule has 0 aliphatic heterocycles. The lowest BCUT2D eigenvalue weighted by molar-refractivity contribution is 0.293. The predicted octanol–water partition coefficient (Wildman–Crippen LogP) is 3.16. The van der Waals surface area contributed by atoms with E-state index in [0.29, 0.717) is 6.61 Å². The molecule has 4 heteroatoms. The highest BCUT2D eigenvalue weighted by Crippen LogP contribution is 2.10. The van der Waals surface area contributed by atoms with Crippen molar-refractivity contribution in [3.63, 3.8) is 0 Å². The highest BCUT2D eigenvalue weighted by atomic mass is 16.5. The maximum absolute atomic E-state index is 5.77. The molecular weight excluding hydrogens is 262 g/mol. The van der Waals surface area contributed by atoms with Gasteiger partial charge in [-0.1, -0.05) is 18.2 Å². The second kappa shape index (κ2) is 6.76. The van der Waals surface area contributed by atoms with Crippen LogP contribution in [0.15, 0.2) is 36.5 Å². The number of para-hydroxylation sites is 1. The summed E-state index contributed by atoms with van der Waals surface area (Å²) in [6.45, 7) is 10.8. The van der Waals surface area contributed by atoms with Crippen LogP contribution in [0.2, 0.25) is 0 Å². The number of hydrogen-bond acceptors (Lipinski definition) is 3. The molecule has 21 heavy (non-hydrogen) atoms. The molecule has 0 aliphatic carbocycles. The van der Waals surface area contributed by atoms with E-state index in [9.17, 15) is 0 Å². The van der Waals surface area contributed by atoms with E-state index in [2.05, 4.69) is 35.6 Å². The molecule has 4 nitrogen and oxygen atoms in total. The quantitative estimate of drug-likeness (QED) is 0.887. The molecule has 0 saturated carbocycles. The molecule has 0 amide bonds. The molecule has 0 radical (unpaired) electrons. The topological polar surface area (TPSA) is 39.1 Å². The van der Waals surface area contributed by atoms with Crippen molar-refractivity contribution in [3.05, 3.63) is 48.0 Å². The number of nitrogens with zero attached hydrogens (tertiary/aromatic N) is 2. The highest BCUT2D eigenvalue weighted by molar-refractivity contribution is 5.20. The number of ether oxygens (including phenoxy) is 1. The number of benzene rings is 1. The van der Waals surface area contributed by atoms with Gasteiger partial charge in [-0.05, 0) is 39.8 Å². The van der Waals surface area contributed by atoms with Crippen LogP contribution in [0.1, 0.15) is 32.3 Å². The summed E-state index contributed by atoms with van der Waals surface area (Å²) in [5.74, 6) is 1.93. The fourth-order valence-electron chi connectivity index (χ4n) is 2.09.